The molecule has 5 heteroatoms. The number of nitrogens with zero attached hydrogens (tertiary/aromatic N) is 1. The molecular weight excluding hydrogens is 379 g/mol. The van der Waals surface area contributed by atoms with Crippen molar-refractivity contribution in [2.24, 2.45) is 0 Å². The minimum atomic E-state index is -4.30. The largest absolute Gasteiger partial charge is 0.416 e. The number of hydrogen-bond acceptors (Lipinski definition) is 1. The van der Waals surface area contributed by atoms with Gasteiger partial charge >= 0.3 is 6.18 Å². The summed E-state index contributed by atoms with van der Waals surface area (Å²) in [6.07, 6.45) is -2.96. The van der Waals surface area contributed by atoms with E-state index in [1.807, 2.05) is 25.1 Å². The Hall–Kier alpha value is -1.88. The van der Waals surface area contributed by atoms with Gasteiger partial charge in [-0.1, -0.05) is 35.0 Å². The molecule has 1 aromatic heterocycles. The number of alkyl halides is 3. The Balaban J connectivity index is 1.96. The highest BCUT2D eigenvalue weighted by Gasteiger charge is 2.29. The van der Waals surface area contributed by atoms with E-state index in [1.165, 1.54) is 12.1 Å². The zero-order valence-electron chi connectivity index (χ0n) is 13.0. The van der Waals surface area contributed by atoms with Gasteiger partial charge in [-0.3, -0.25) is 4.98 Å². The number of halogens is 4. The van der Waals surface area contributed by atoms with Crippen molar-refractivity contribution in [2.75, 3.05) is 0 Å². The van der Waals surface area contributed by atoms with E-state index in [2.05, 4.69) is 27.0 Å². The number of aromatic nitrogens is 1. The Morgan fingerprint density at radius 3 is 2.33 bits per heavy atom. The van der Waals surface area contributed by atoms with Gasteiger partial charge in [-0.2, -0.15) is 13.2 Å². The number of rotatable bonds is 3. The summed E-state index contributed by atoms with van der Waals surface area (Å²) < 4.78 is 39.0. The van der Waals surface area contributed by atoms with E-state index in [9.17, 15) is 13.2 Å². The molecule has 0 N–H and O–H groups in total. The lowest BCUT2D eigenvalue weighted by atomic mass is 9.99. The summed E-state index contributed by atoms with van der Waals surface area (Å²) in [6.45, 7) is 2.03. The van der Waals surface area contributed by atoms with Gasteiger partial charge in [0.15, 0.2) is 0 Å². The Morgan fingerprint density at radius 1 is 1.00 bits per heavy atom. The molecule has 0 amide bonds. The third kappa shape index (κ3) is 3.61. The van der Waals surface area contributed by atoms with Crippen LogP contribution in [0.25, 0.3) is 10.9 Å². The van der Waals surface area contributed by atoms with Crippen molar-refractivity contribution in [3.8, 4) is 0 Å². The molecule has 0 unspecified atom stereocenters. The van der Waals surface area contributed by atoms with Crippen LogP contribution in [0.1, 0.15) is 29.3 Å². The second kappa shape index (κ2) is 6.55. The number of fused-ring (bicyclic) bond motifs is 1. The van der Waals surface area contributed by atoms with Gasteiger partial charge in [0.25, 0.3) is 0 Å². The highest BCUT2D eigenvalue weighted by atomic mass is 79.9. The highest BCUT2D eigenvalue weighted by Crippen LogP contribution is 2.30. The quantitative estimate of drug-likeness (QED) is 0.518. The fraction of sp³-hybridized carbons (Fsp3) is 0.211. The van der Waals surface area contributed by atoms with E-state index in [0.29, 0.717) is 6.42 Å². The van der Waals surface area contributed by atoms with Gasteiger partial charge in [0, 0.05) is 15.6 Å². The van der Waals surface area contributed by atoms with Crippen LogP contribution in [0.2, 0.25) is 0 Å². The Kier molecular flexibility index (Phi) is 4.63. The van der Waals surface area contributed by atoms with Gasteiger partial charge in [0.2, 0.25) is 0 Å². The maximum absolute atomic E-state index is 12.7. The number of pyridine rings is 1. The highest BCUT2D eigenvalue weighted by molar-refractivity contribution is 9.10. The lowest BCUT2D eigenvalue weighted by Crippen LogP contribution is -2.05. The lowest BCUT2D eigenvalue weighted by Gasteiger charge is -2.11. The first-order valence-electron chi connectivity index (χ1n) is 7.61. The van der Waals surface area contributed by atoms with Gasteiger partial charge in [-0.15, -0.1) is 0 Å². The second-order valence-electron chi connectivity index (χ2n) is 5.66. The molecule has 0 bridgehead atoms. The molecule has 0 saturated carbocycles. The van der Waals surface area contributed by atoms with Crippen LogP contribution >= 0.6 is 15.9 Å². The van der Waals surface area contributed by atoms with E-state index < -0.39 is 11.7 Å². The molecule has 0 spiro atoms. The number of benzene rings is 2. The lowest BCUT2D eigenvalue weighted by molar-refractivity contribution is -0.137. The molecule has 0 saturated heterocycles. The topological polar surface area (TPSA) is 12.9 Å². The van der Waals surface area contributed by atoms with Crippen LogP contribution in [0.5, 0.6) is 0 Å². The number of aryl methyl sites for hydroxylation is 1. The summed E-state index contributed by atoms with van der Waals surface area (Å²) >= 11 is 3.45. The van der Waals surface area contributed by atoms with E-state index in [1.54, 1.807) is 0 Å². The van der Waals surface area contributed by atoms with Gasteiger partial charge in [0.05, 0.1) is 11.1 Å². The smallest absolute Gasteiger partial charge is 0.253 e. The van der Waals surface area contributed by atoms with Crippen molar-refractivity contribution in [1.82, 2.24) is 4.98 Å². The van der Waals surface area contributed by atoms with Crippen LogP contribution in [-0.4, -0.2) is 4.98 Å². The van der Waals surface area contributed by atoms with Crippen LogP contribution in [-0.2, 0) is 19.0 Å². The van der Waals surface area contributed by atoms with Gasteiger partial charge in [-0.25, -0.2) is 0 Å². The van der Waals surface area contributed by atoms with Gasteiger partial charge in [-0.05, 0) is 60.4 Å². The van der Waals surface area contributed by atoms with E-state index >= 15 is 0 Å². The van der Waals surface area contributed by atoms with Crippen molar-refractivity contribution in [3.05, 3.63) is 75.4 Å². The van der Waals surface area contributed by atoms with Crippen molar-refractivity contribution in [3.63, 3.8) is 0 Å². The van der Waals surface area contributed by atoms with Crippen LogP contribution in [0.15, 0.2) is 53.0 Å². The SMILES string of the molecule is CCc1nc2ccc(Br)cc2cc1Cc1ccc(C(F)(F)F)cc1. The summed E-state index contributed by atoms with van der Waals surface area (Å²) in [7, 11) is 0. The molecule has 0 atom stereocenters. The third-order valence-corrected chi connectivity index (χ3v) is 4.45. The van der Waals surface area contributed by atoms with Crippen molar-refractivity contribution in [1.29, 1.82) is 0 Å². The third-order valence-electron chi connectivity index (χ3n) is 3.96. The molecule has 0 aliphatic rings. The zero-order chi connectivity index (χ0) is 17.3. The first kappa shape index (κ1) is 17.0. The molecule has 1 heterocycles. The van der Waals surface area contributed by atoms with Gasteiger partial charge in [0.1, 0.15) is 0 Å². The Labute approximate surface area is 146 Å². The fourth-order valence-electron chi connectivity index (χ4n) is 2.72. The molecule has 3 aromatic rings. The summed E-state index contributed by atoms with van der Waals surface area (Å²) in [5, 5.41) is 1.02. The maximum Gasteiger partial charge on any atom is 0.416 e. The minimum Gasteiger partial charge on any atom is -0.253 e. The standard InChI is InChI=1S/C19H15BrF3N/c1-2-17-13(10-14-11-16(20)7-8-18(14)24-17)9-12-3-5-15(6-4-12)19(21,22)23/h3-8,10-11H,2,9H2,1H3. The molecule has 0 aliphatic carbocycles. The molecule has 0 fully saturated rings. The fourth-order valence-corrected chi connectivity index (χ4v) is 3.10. The molecule has 24 heavy (non-hydrogen) atoms. The number of hydrogen-bond donors (Lipinski definition) is 0. The van der Waals surface area contributed by atoms with Crippen molar-refractivity contribution >= 4 is 26.8 Å². The molecule has 1 nitrogen and oxygen atoms in total. The molecule has 2 aromatic carbocycles. The zero-order valence-corrected chi connectivity index (χ0v) is 14.6. The van der Waals surface area contributed by atoms with E-state index in [4.69, 9.17) is 0 Å². The van der Waals surface area contributed by atoms with Gasteiger partial charge < -0.3 is 0 Å². The van der Waals surface area contributed by atoms with Crippen LogP contribution in [0, 0.1) is 0 Å². The van der Waals surface area contributed by atoms with E-state index in [-0.39, 0.29) is 0 Å². The summed E-state index contributed by atoms with van der Waals surface area (Å²) in [6, 6.07) is 13.3. The second-order valence-corrected chi connectivity index (χ2v) is 6.57. The Morgan fingerprint density at radius 2 is 1.71 bits per heavy atom. The molecular formula is C19H15BrF3N. The predicted molar refractivity (Wildman–Crippen MR) is 93.1 cm³/mol. The first-order chi connectivity index (χ1) is 11.4. The molecule has 0 aliphatic heterocycles. The molecule has 0 radical (unpaired) electrons. The monoisotopic (exact) mass is 393 g/mol. The minimum absolute atomic E-state index is 0.566. The van der Waals surface area contributed by atoms with Crippen LogP contribution < -0.4 is 0 Å². The van der Waals surface area contributed by atoms with Crippen molar-refractivity contribution in [2.45, 2.75) is 25.9 Å². The van der Waals surface area contributed by atoms with Crippen LogP contribution in [0.3, 0.4) is 0 Å². The summed E-state index contributed by atoms with van der Waals surface area (Å²) in [5.41, 5.74) is 3.16. The van der Waals surface area contributed by atoms with Crippen molar-refractivity contribution < 1.29 is 13.2 Å². The average Bonchev–Trinajstić information content (AvgIpc) is 2.54. The van der Waals surface area contributed by atoms with Crippen LogP contribution in [0.4, 0.5) is 13.2 Å². The van der Waals surface area contributed by atoms with E-state index in [0.717, 1.165) is 50.8 Å². The summed E-state index contributed by atoms with van der Waals surface area (Å²) in [4.78, 5) is 4.69. The molecule has 124 valence electrons. The predicted octanol–water partition coefficient (Wildman–Crippen LogP) is 6.17. The molecule has 3 rings (SSSR count). The average molecular weight is 394 g/mol. The normalized spacial score (nSPS) is 11.9. The first-order valence-corrected chi connectivity index (χ1v) is 8.40. The maximum atomic E-state index is 12.7. The Bertz CT molecular complexity index is 870. The summed E-state index contributed by atoms with van der Waals surface area (Å²) in [5.74, 6) is 0.